The first kappa shape index (κ1) is 21.9. The normalized spacial score (nSPS) is 11.1. The molecule has 0 saturated heterocycles. The summed E-state index contributed by atoms with van der Waals surface area (Å²) in [6.45, 7) is 1.66. The average Bonchev–Trinajstić information content (AvgIpc) is 2.80. The van der Waals surface area contributed by atoms with Crippen molar-refractivity contribution in [1.82, 2.24) is 10.0 Å². The maximum Gasteiger partial charge on any atom is 0.346 e. The number of benzene rings is 3. The molecule has 3 aromatic carbocycles. The molecule has 0 aliphatic carbocycles. The van der Waals surface area contributed by atoms with Crippen molar-refractivity contribution in [2.45, 2.75) is 12.8 Å². The fourth-order valence-electron chi connectivity index (χ4n) is 3.73. The van der Waals surface area contributed by atoms with E-state index in [-0.39, 0.29) is 44.9 Å². The van der Waals surface area contributed by atoms with Crippen LogP contribution in [0.4, 0.5) is 0 Å². The smallest absolute Gasteiger partial charge is 0.346 e. The molecule has 0 atom stereocenters. The Labute approximate surface area is 194 Å². The van der Waals surface area contributed by atoms with Crippen LogP contribution in [0.5, 0.6) is 0 Å². The quantitative estimate of drug-likeness (QED) is 0.415. The summed E-state index contributed by atoms with van der Waals surface area (Å²) in [6, 6.07) is 22.1. The van der Waals surface area contributed by atoms with Crippen molar-refractivity contribution < 1.29 is 9.22 Å². The molecule has 1 N–H and O–H groups in total. The van der Waals surface area contributed by atoms with E-state index < -0.39 is 5.91 Å². The molecule has 1 amide bonds. The topological polar surface area (TPSA) is 80.1 Å². The first-order chi connectivity index (χ1) is 15.4. The third-order valence-corrected chi connectivity index (χ3v) is 6.11. The van der Waals surface area contributed by atoms with E-state index in [0.717, 1.165) is 11.1 Å². The van der Waals surface area contributed by atoms with Crippen LogP contribution in [0.15, 0.2) is 72.8 Å². The fourth-order valence-corrected chi connectivity index (χ4v) is 4.05. The van der Waals surface area contributed by atoms with Gasteiger partial charge in [0, 0.05) is 23.4 Å². The van der Waals surface area contributed by atoms with E-state index in [4.69, 9.17) is 23.2 Å². The molecule has 162 valence electrons. The maximum atomic E-state index is 13.1. The van der Waals surface area contributed by atoms with Gasteiger partial charge in [0.1, 0.15) is 5.52 Å². The predicted octanol–water partition coefficient (Wildman–Crippen LogP) is 5.08. The first-order valence-corrected chi connectivity index (χ1v) is 10.7. The number of halogens is 2. The number of hydrogen-bond donors (Lipinski definition) is 1. The standard InChI is InChI=1S/C24H19Cl2N3O3/c1-15-23(29(32)22-13-20(26)19(25)12-21(22)28(15)31)24(30)27-14-18(16-8-4-2-5-9-16)17-10-6-3-7-11-17/h2-13,18H,14H2,1H3,(H,27,30). The van der Waals surface area contributed by atoms with Gasteiger partial charge in [0.15, 0.2) is 0 Å². The highest BCUT2D eigenvalue weighted by Crippen LogP contribution is 2.27. The number of aromatic nitrogens is 2. The SMILES string of the molecule is Cc1c(C(=O)NCC(c2ccccc2)c2ccccc2)[n+](=O)c2cc(Cl)c(Cl)cc2n1[O-]. The lowest BCUT2D eigenvalue weighted by Gasteiger charge is -2.19. The molecule has 4 rings (SSSR count). The number of carbonyl (C=O) groups is 1. The summed E-state index contributed by atoms with van der Waals surface area (Å²) in [5, 5.41) is 15.8. The summed E-state index contributed by atoms with van der Waals surface area (Å²) >= 11 is 12.0. The van der Waals surface area contributed by atoms with Crippen molar-refractivity contribution in [1.29, 1.82) is 0 Å². The minimum absolute atomic E-state index is 0.0284. The molecule has 0 bridgehead atoms. The number of hydrogen-bond acceptors (Lipinski definition) is 3. The van der Waals surface area contributed by atoms with E-state index in [1.807, 2.05) is 60.7 Å². The van der Waals surface area contributed by atoms with E-state index in [1.165, 1.54) is 19.1 Å². The van der Waals surface area contributed by atoms with Crippen LogP contribution in [0.1, 0.15) is 33.2 Å². The fraction of sp³-hybridized carbons (Fsp3) is 0.125. The highest BCUT2D eigenvalue weighted by Gasteiger charge is 2.28. The van der Waals surface area contributed by atoms with E-state index in [9.17, 15) is 14.9 Å². The summed E-state index contributed by atoms with van der Waals surface area (Å²) in [4.78, 5) is 26.1. The Morgan fingerprint density at radius 2 is 1.53 bits per heavy atom. The Bertz CT molecular complexity index is 1320. The van der Waals surface area contributed by atoms with Gasteiger partial charge in [0.25, 0.3) is 5.52 Å². The van der Waals surface area contributed by atoms with Crippen LogP contribution < -0.4 is 9.74 Å². The van der Waals surface area contributed by atoms with Gasteiger partial charge in [0.05, 0.1) is 20.2 Å². The largest absolute Gasteiger partial charge is 0.805 e. The molecule has 0 fully saturated rings. The van der Waals surface area contributed by atoms with Gasteiger partial charge in [-0.05, 0) is 24.1 Å². The second-order valence-corrected chi connectivity index (χ2v) is 8.18. The lowest BCUT2D eigenvalue weighted by atomic mass is 9.91. The second-order valence-electron chi connectivity index (χ2n) is 7.36. The van der Waals surface area contributed by atoms with Crippen LogP contribution in [0.25, 0.3) is 11.0 Å². The highest BCUT2D eigenvalue weighted by atomic mass is 35.5. The zero-order valence-electron chi connectivity index (χ0n) is 17.1. The number of carbonyl (C=O) groups excluding carboxylic acids is 1. The Balaban J connectivity index is 1.70. The van der Waals surface area contributed by atoms with Crippen LogP contribution in [-0.2, 0) is 0 Å². The molecule has 6 nitrogen and oxygen atoms in total. The minimum atomic E-state index is -0.646. The van der Waals surface area contributed by atoms with Gasteiger partial charge >= 0.3 is 11.6 Å². The highest BCUT2D eigenvalue weighted by molar-refractivity contribution is 6.42. The van der Waals surface area contributed by atoms with E-state index in [0.29, 0.717) is 9.16 Å². The summed E-state index contributed by atoms with van der Waals surface area (Å²) < 4.78 is 0.948. The minimum Gasteiger partial charge on any atom is -0.805 e. The van der Waals surface area contributed by atoms with Gasteiger partial charge in [-0.2, -0.15) is 0 Å². The van der Waals surface area contributed by atoms with E-state index in [1.54, 1.807) is 0 Å². The predicted molar refractivity (Wildman–Crippen MR) is 126 cm³/mol. The van der Waals surface area contributed by atoms with Crippen molar-refractivity contribution >= 4 is 40.1 Å². The number of amides is 1. The molecule has 0 spiro atoms. The van der Waals surface area contributed by atoms with Crippen molar-refractivity contribution in [2.75, 3.05) is 6.54 Å². The Kier molecular flexibility index (Phi) is 6.17. The summed E-state index contributed by atoms with van der Waals surface area (Å²) in [5.41, 5.74) is 1.72. The molecular weight excluding hydrogens is 449 g/mol. The van der Waals surface area contributed by atoms with Crippen LogP contribution in [0, 0.1) is 17.0 Å². The van der Waals surface area contributed by atoms with Crippen molar-refractivity contribution in [3.63, 3.8) is 0 Å². The third-order valence-electron chi connectivity index (χ3n) is 5.39. The lowest BCUT2D eigenvalue weighted by molar-refractivity contribution is -0.468. The second kappa shape index (κ2) is 9.02. The van der Waals surface area contributed by atoms with E-state index >= 15 is 0 Å². The molecule has 8 heteroatoms. The molecule has 1 aromatic heterocycles. The van der Waals surface area contributed by atoms with Gasteiger partial charge in [-0.3, -0.25) is 4.79 Å². The molecular formula is C24H19Cl2N3O3. The number of fused-ring (bicyclic) bond motifs is 1. The van der Waals surface area contributed by atoms with Gasteiger partial charge in [-0.15, -0.1) is 0 Å². The first-order valence-electron chi connectivity index (χ1n) is 9.91. The average molecular weight is 468 g/mol. The number of nitrogens with zero attached hydrogens (tertiary/aromatic N) is 2. The zero-order chi connectivity index (χ0) is 22.8. The maximum absolute atomic E-state index is 13.1. The molecule has 4 aromatic rings. The molecule has 0 saturated carbocycles. The Hall–Kier alpha value is -3.35. The van der Waals surface area contributed by atoms with Gasteiger partial charge in [0.2, 0.25) is 0 Å². The molecule has 0 radical (unpaired) electrons. The van der Waals surface area contributed by atoms with Crippen LogP contribution in [0.3, 0.4) is 0 Å². The van der Waals surface area contributed by atoms with Gasteiger partial charge in [-0.1, -0.05) is 83.9 Å². The van der Waals surface area contributed by atoms with Gasteiger partial charge in [-0.25, -0.2) is 0 Å². The summed E-state index contributed by atoms with van der Waals surface area (Å²) in [6.07, 6.45) is 0. The third kappa shape index (κ3) is 4.07. The molecule has 0 aliphatic rings. The molecule has 0 aliphatic heterocycles. The Morgan fingerprint density at radius 3 is 2.09 bits per heavy atom. The summed E-state index contributed by atoms with van der Waals surface area (Å²) in [5.74, 6) is -0.776. The number of rotatable bonds is 5. The van der Waals surface area contributed by atoms with E-state index in [2.05, 4.69) is 5.32 Å². The Morgan fingerprint density at radius 1 is 1.00 bits per heavy atom. The summed E-state index contributed by atoms with van der Waals surface area (Å²) in [7, 11) is 0. The van der Waals surface area contributed by atoms with Crippen molar-refractivity contribution in [3.8, 4) is 0 Å². The van der Waals surface area contributed by atoms with Crippen LogP contribution >= 0.6 is 23.2 Å². The molecule has 1 heterocycles. The van der Waals surface area contributed by atoms with Crippen molar-refractivity contribution in [2.24, 2.45) is 0 Å². The molecule has 0 unspecified atom stereocenters. The van der Waals surface area contributed by atoms with Crippen LogP contribution in [-0.4, -0.2) is 17.2 Å². The van der Waals surface area contributed by atoms with Crippen molar-refractivity contribution in [3.05, 3.63) is 115 Å². The number of nitrogens with one attached hydrogen (secondary N) is 1. The zero-order valence-corrected chi connectivity index (χ0v) is 18.6. The monoisotopic (exact) mass is 467 g/mol. The van der Waals surface area contributed by atoms with Gasteiger partial charge < -0.3 is 15.3 Å². The van der Waals surface area contributed by atoms with Crippen LogP contribution in [0.2, 0.25) is 10.0 Å². The lowest BCUT2D eigenvalue weighted by Crippen LogP contribution is -2.38. The molecule has 32 heavy (non-hydrogen) atoms.